The number of nitrogens with zero attached hydrogens (tertiary/aromatic N) is 3. The van der Waals surface area contributed by atoms with Crippen LogP contribution in [0.15, 0.2) is 22.9 Å². The van der Waals surface area contributed by atoms with Crippen molar-refractivity contribution in [2.24, 2.45) is 5.73 Å². The lowest BCUT2D eigenvalue weighted by Gasteiger charge is -2.29. The molecule has 2 aromatic rings. The summed E-state index contributed by atoms with van der Waals surface area (Å²) in [5.74, 6) is 1.14. The summed E-state index contributed by atoms with van der Waals surface area (Å²) in [6, 6.07) is 3.80. The number of hydrogen-bond acceptors (Lipinski definition) is 5. The van der Waals surface area contributed by atoms with Crippen LogP contribution in [-0.2, 0) is 5.54 Å². The first-order valence-electron chi connectivity index (χ1n) is 6.74. The van der Waals surface area contributed by atoms with Gasteiger partial charge in [-0.25, -0.2) is 0 Å². The van der Waals surface area contributed by atoms with E-state index in [1.165, 1.54) is 6.42 Å². The van der Waals surface area contributed by atoms with Crippen molar-refractivity contribution in [3.63, 3.8) is 0 Å². The molecule has 5 heteroatoms. The fourth-order valence-corrected chi connectivity index (χ4v) is 2.65. The molecular formula is C14H18N4O. The van der Waals surface area contributed by atoms with Crippen LogP contribution in [-0.4, -0.2) is 15.1 Å². The second-order valence-electron chi connectivity index (χ2n) is 5.28. The van der Waals surface area contributed by atoms with Crippen molar-refractivity contribution < 1.29 is 4.52 Å². The van der Waals surface area contributed by atoms with Crippen molar-refractivity contribution in [2.45, 2.75) is 44.6 Å². The highest BCUT2D eigenvalue weighted by Crippen LogP contribution is 2.34. The Morgan fingerprint density at radius 1 is 1.26 bits per heavy atom. The largest absolute Gasteiger partial charge is 0.334 e. The first-order chi connectivity index (χ1) is 9.19. The summed E-state index contributed by atoms with van der Waals surface area (Å²) in [6.07, 6.45) is 7.11. The molecule has 2 aromatic heterocycles. The summed E-state index contributed by atoms with van der Waals surface area (Å²) in [5.41, 5.74) is 7.75. The number of nitrogens with two attached hydrogens (primary N) is 1. The molecule has 0 radical (unpaired) electrons. The van der Waals surface area contributed by atoms with Crippen LogP contribution in [0, 0.1) is 6.92 Å². The van der Waals surface area contributed by atoms with E-state index >= 15 is 0 Å². The van der Waals surface area contributed by atoms with Crippen LogP contribution in [0.5, 0.6) is 0 Å². The molecule has 0 aliphatic heterocycles. The van der Waals surface area contributed by atoms with E-state index in [0.717, 1.165) is 36.9 Å². The molecule has 0 bridgehead atoms. The first-order valence-corrected chi connectivity index (χ1v) is 6.74. The Labute approximate surface area is 112 Å². The molecule has 0 atom stereocenters. The van der Waals surface area contributed by atoms with E-state index in [1.807, 2.05) is 19.1 Å². The quantitative estimate of drug-likeness (QED) is 0.895. The molecule has 3 rings (SSSR count). The molecular weight excluding hydrogens is 240 g/mol. The van der Waals surface area contributed by atoms with Gasteiger partial charge in [-0.2, -0.15) is 4.98 Å². The molecule has 0 spiro atoms. The summed E-state index contributed by atoms with van der Waals surface area (Å²) >= 11 is 0. The van der Waals surface area contributed by atoms with Gasteiger partial charge >= 0.3 is 0 Å². The van der Waals surface area contributed by atoms with E-state index in [0.29, 0.717) is 11.7 Å². The summed E-state index contributed by atoms with van der Waals surface area (Å²) in [4.78, 5) is 8.73. The topological polar surface area (TPSA) is 77.8 Å². The Morgan fingerprint density at radius 3 is 2.79 bits per heavy atom. The van der Waals surface area contributed by atoms with E-state index in [-0.39, 0.29) is 0 Å². The van der Waals surface area contributed by atoms with Gasteiger partial charge in [0.15, 0.2) is 5.82 Å². The molecule has 0 unspecified atom stereocenters. The van der Waals surface area contributed by atoms with E-state index in [2.05, 4.69) is 15.1 Å². The third-order valence-electron chi connectivity index (χ3n) is 3.85. The van der Waals surface area contributed by atoms with Crippen molar-refractivity contribution in [2.75, 3.05) is 0 Å². The number of aryl methyl sites for hydroxylation is 1. The van der Waals surface area contributed by atoms with Crippen LogP contribution in [0.1, 0.15) is 43.6 Å². The van der Waals surface area contributed by atoms with Crippen LogP contribution >= 0.6 is 0 Å². The van der Waals surface area contributed by atoms with Crippen molar-refractivity contribution in [1.82, 2.24) is 15.1 Å². The molecule has 0 aromatic carbocycles. The molecule has 1 aliphatic rings. The Kier molecular flexibility index (Phi) is 3.06. The molecule has 2 N–H and O–H groups in total. The van der Waals surface area contributed by atoms with Gasteiger partial charge in [0.05, 0.1) is 11.1 Å². The molecule has 0 saturated heterocycles. The minimum Gasteiger partial charge on any atom is -0.334 e. The smallest absolute Gasteiger partial charge is 0.259 e. The highest BCUT2D eigenvalue weighted by Gasteiger charge is 2.34. The minimum absolute atomic E-state index is 0.421. The van der Waals surface area contributed by atoms with Gasteiger partial charge in [0.25, 0.3) is 5.89 Å². The van der Waals surface area contributed by atoms with Gasteiger partial charge in [-0.15, -0.1) is 0 Å². The monoisotopic (exact) mass is 258 g/mol. The molecule has 1 aliphatic carbocycles. The minimum atomic E-state index is -0.421. The van der Waals surface area contributed by atoms with Crippen LogP contribution in [0.3, 0.4) is 0 Å². The predicted molar refractivity (Wildman–Crippen MR) is 71.2 cm³/mol. The molecule has 2 heterocycles. The lowest BCUT2D eigenvalue weighted by atomic mass is 9.82. The third kappa shape index (κ3) is 2.26. The van der Waals surface area contributed by atoms with Gasteiger partial charge in [-0.1, -0.05) is 24.4 Å². The van der Waals surface area contributed by atoms with Crippen LogP contribution in [0.2, 0.25) is 0 Å². The van der Waals surface area contributed by atoms with Gasteiger partial charge in [-0.3, -0.25) is 4.98 Å². The van der Waals surface area contributed by atoms with Crippen LogP contribution in [0.25, 0.3) is 11.5 Å². The Bertz CT molecular complexity index is 572. The number of aromatic nitrogens is 3. The van der Waals surface area contributed by atoms with Gasteiger partial charge in [-0.05, 0) is 31.9 Å². The van der Waals surface area contributed by atoms with Gasteiger partial charge < -0.3 is 10.3 Å². The highest BCUT2D eigenvalue weighted by molar-refractivity contribution is 5.55. The van der Waals surface area contributed by atoms with Crippen molar-refractivity contribution in [3.8, 4) is 11.5 Å². The zero-order valence-electron chi connectivity index (χ0n) is 11.1. The molecule has 1 fully saturated rings. The molecule has 5 nitrogen and oxygen atoms in total. The second kappa shape index (κ2) is 4.74. The lowest BCUT2D eigenvalue weighted by Crippen LogP contribution is -2.39. The maximum atomic E-state index is 6.41. The number of pyridine rings is 1. The van der Waals surface area contributed by atoms with Gasteiger partial charge in [0, 0.05) is 11.9 Å². The fourth-order valence-electron chi connectivity index (χ4n) is 2.65. The molecule has 19 heavy (non-hydrogen) atoms. The molecule has 1 saturated carbocycles. The number of rotatable bonds is 2. The van der Waals surface area contributed by atoms with Crippen molar-refractivity contribution >= 4 is 0 Å². The summed E-state index contributed by atoms with van der Waals surface area (Å²) in [6.45, 7) is 1.93. The standard InChI is InChI=1S/C14H18N4O/c1-10-11(6-5-9-16-10)12-17-13(18-19-12)14(15)7-3-2-4-8-14/h5-6,9H,2-4,7-8,15H2,1H3. The predicted octanol–water partition coefficient (Wildman–Crippen LogP) is 2.56. The third-order valence-corrected chi connectivity index (χ3v) is 3.85. The first kappa shape index (κ1) is 12.3. The zero-order valence-corrected chi connectivity index (χ0v) is 11.1. The number of hydrogen-bond donors (Lipinski definition) is 1. The van der Waals surface area contributed by atoms with E-state index in [1.54, 1.807) is 6.20 Å². The Balaban J connectivity index is 1.93. The fraction of sp³-hybridized carbons (Fsp3) is 0.500. The Hall–Kier alpha value is -1.75. The van der Waals surface area contributed by atoms with Crippen LogP contribution in [0.4, 0.5) is 0 Å². The zero-order chi connectivity index (χ0) is 13.3. The maximum absolute atomic E-state index is 6.41. The summed E-state index contributed by atoms with van der Waals surface area (Å²) in [5, 5.41) is 4.09. The van der Waals surface area contributed by atoms with Crippen LogP contribution < -0.4 is 5.73 Å². The van der Waals surface area contributed by atoms with Crippen molar-refractivity contribution in [3.05, 3.63) is 29.8 Å². The van der Waals surface area contributed by atoms with E-state index < -0.39 is 5.54 Å². The highest BCUT2D eigenvalue weighted by atomic mass is 16.5. The van der Waals surface area contributed by atoms with Crippen molar-refractivity contribution in [1.29, 1.82) is 0 Å². The molecule has 100 valence electrons. The maximum Gasteiger partial charge on any atom is 0.259 e. The molecule has 0 amide bonds. The lowest BCUT2D eigenvalue weighted by molar-refractivity contribution is 0.275. The van der Waals surface area contributed by atoms with E-state index in [4.69, 9.17) is 10.3 Å². The average Bonchev–Trinajstić information content (AvgIpc) is 2.90. The van der Waals surface area contributed by atoms with Gasteiger partial charge in [0.2, 0.25) is 0 Å². The normalized spacial score (nSPS) is 18.4. The average molecular weight is 258 g/mol. The summed E-state index contributed by atoms with van der Waals surface area (Å²) < 4.78 is 5.37. The van der Waals surface area contributed by atoms with Gasteiger partial charge in [0.1, 0.15) is 0 Å². The van der Waals surface area contributed by atoms with E-state index in [9.17, 15) is 0 Å². The second-order valence-corrected chi connectivity index (χ2v) is 5.28. The SMILES string of the molecule is Cc1ncccc1-c1nc(C2(N)CCCCC2)no1. The Morgan fingerprint density at radius 2 is 2.05 bits per heavy atom. The summed E-state index contributed by atoms with van der Waals surface area (Å²) in [7, 11) is 0.